The van der Waals surface area contributed by atoms with E-state index in [9.17, 15) is 0 Å². The van der Waals surface area contributed by atoms with E-state index in [0.29, 0.717) is 0 Å². The van der Waals surface area contributed by atoms with E-state index in [-0.39, 0.29) is 0 Å². The number of nitrogens with zero attached hydrogens (tertiary/aromatic N) is 3. The van der Waals surface area contributed by atoms with Crippen molar-refractivity contribution in [1.29, 1.82) is 0 Å². The largest absolute Gasteiger partial charge is 0.206 e. The van der Waals surface area contributed by atoms with E-state index in [0.717, 1.165) is 16.1 Å². The molecule has 4 heteroatoms. The molecule has 0 saturated heterocycles. The zero-order valence-electron chi connectivity index (χ0n) is 10.5. The van der Waals surface area contributed by atoms with Crippen molar-refractivity contribution in [2.75, 3.05) is 0 Å². The number of benzene rings is 2. The van der Waals surface area contributed by atoms with E-state index in [1.165, 1.54) is 4.90 Å². The molecule has 0 saturated carbocycles. The highest BCUT2D eigenvalue weighted by molar-refractivity contribution is 8.08. The maximum atomic E-state index is 4.24. The third-order valence-electron chi connectivity index (χ3n) is 2.77. The minimum Gasteiger partial charge on any atom is -0.206 e. The van der Waals surface area contributed by atoms with Gasteiger partial charge in [-0.25, -0.2) is 4.68 Å². The second-order valence-electron chi connectivity index (χ2n) is 4.03. The van der Waals surface area contributed by atoms with Crippen molar-refractivity contribution in [3.8, 4) is 0 Å². The summed E-state index contributed by atoms with van der Waals surface area (Å²) in [5.41, 5.74) is 1.94. The average Bonchev–Trinajstić information content (AvgIpc) is 2.90. The van der Waals surface area contributed by atoms with Crippen molar-refractivity contribution in [2.24, 2.45) is 0 Å². The first kappa shape index (κ1) is 12.0. The van der Waals surface area contributed by atoms with Crippen LogP contribution in [0.4, 0.5) is 0 Å². The Morgan fingerprint density at radius 3 is 2.58 bits per heavy atom. The van der Waals surface area contributed by atoms with E-state index in [2.05, 4.69) is 28.5 Å². The van der Waals surface area contributed by atoms with Crippen LogP contribution in [0.2, 0.25) is 0 Å². The predicted octanol–water partition coefficient (Wildman–Crippen LogP) is 4.04. The molecule has 3 nitrogen and oxygen atoms in total. The van der Waals surface area contributed by atoms with Crippen molar-refractivity contribution < 1.29 is 0 Å². The van der Waals surface area contributed by atoms with E-state index >= 15 is 0 Å². The molecule has 0 N–H and O–H groups in total. The maximum absolute atomic E-state index is 4.24. The lowest BCUT2D eigenvalue weighted by Gasteiger charge is -2.07. The molecule has 19 heavy (non-hydrogen) atoms. The van der Waals surface area contributed by atoms with Gasteiger partial charge in [0.05, 0.1) is 5.52 Å². The molecule has 0 radical (unpaired) electrons. The molecule has 0 unspecified atom stereocenters. The topological polar surface area (TPSA) is 30.7 Å². The standard InChI is InChI=1S/C15H13N3S/c1-2-15(19-12-8-4-3-5-9-12)18-14-11-7-6-10-13(14)16-17-18/h2-11H,1H3. The number of allylic oxidation sites excluding steroid dienone is 1. The lowest BCUT2D eigenvalue weighted by atomic mass is 10.3. The van der Waals surface area contributed by atoms with Gasteiger partial charge in [-0.3, -0.25) is 0 Å². The number of hydrogen-bond acceptors (Lipinski definition) is 3. The monoisotopic (exact) mass is 267 g/mol. The number of aromatic nitrogens is 3. The van der Waals surface area contributed by atoms with Crippen molar-refractivity contribution in [2.45, 2.75) is 11.8 Å². The van der Waals surface area contributed by atoms with Crippen LogP contribution in [-0.2, 0) is 0 Å². The molecule has 3 aromatic rings. The Kier molecular flexibility index (Phi) is 3.33. The van der Waals surface area contributed by atoms with Crippen LogP contribution in [0.15, 0.2) is 65.6 Å². The molecular formula is C15H13N3S. The van der Waals surface area contributed by atoms with Gasteiger partial charge in [0, 0.05) is 4.90 Å². The fraction of sp³-hybridized carbons (Fsp3) is 0.0667. The van der Waals surface area contributed by atoms with Crippen LogP contribution in [0.1, 0.15) is 6.92 Å². The second kappa shape index (κ2) is 5.28. The first-order valence-corrected chi connectivity index (χ1v) is 6.90. The van der Waals surface area contributed by atoms with E-state index in [1.54, 1.807) is 11.8 Å². The van der Waals surface area contributed by atoms with Gasteiger partial charge in [-0.2, -0.15) is 0 Å². The van der Waals surface area contributed by atoms with Crippen LogP contribution in [0, 0.1) is 0 Å². The summed E-state index contributed by atoms with van der Waals surface area (Å²) in [5, 5.41) is 9.48. The fourth-order valence-electron chi connectivity index (χ4n) is 1.87. The Balaban J connectivity index is 1.99. The minimum atomic E-state index is 0.913. The normalized spacial score (nSPS) is 11.9. The van der Waals surface area contributed by atoms with Gasteiger partial charge in [0.2, 0.25) is 0 Å². The van der Waals surface area contributed by atoms with Crippen LogP contribution >= 0.6 is 11.8 Å². The summed E-state index contributed by atoms with van der Waals surface area (Å²) in [5.74, 6) is 0. The van der Waals surface area contributed by atoms with Crippen LogP contribution in [0.3, 0.4) is 0 Å². The van der Waals surface area contributed by atoms with Gasteiger partial charge in [0.25, 0.3) is 0 Å². The van der Waals surface area contributed by atoms with Gasteiger partial charge < -0.3 is 0 Å². The molecule has 3 rings (SSSR count). The van der Waals surface area contributed by atoms with Gasteiger partial charge in [-0.1, -0.05) is 53.4 Å². The van der Waals surface area contributed by atoms with Crippen molar-refractivity contribution in [1.82, 2.24) is 15.0 Å². The van der Waals surface area contributed by atoms with Crippen LogP contribution in [0.5, 0.6) is 0 Å². The van der Waals surface area contributed by atoms with Crippen LogP contribution in [-0.4, -0.2) is 15.0 Å². The number of thioether (sulfide) groups is 1. The molecule has 0 aliphatic heterocycles. The molecule has 94 valence electrons. The summed E-state index contributed by atoms with van der Waals surface area (Å²) in [6, 6.07) is 18.3. The highest BCUT2D eigenvalue weighted by Crippen LogP contribution is 2.31. The SMILES string of the molecule is CC=C(Sc1ccccc1)n1nnc2ccccc21. The highest BCUT2D eigenvalue weighted by atomic mass is 32.2. The van der Waals surface area contributed by atoms with Gasteiger partial charge in [-0.15, -0.1) is 5.10 Å². The molecule has 0 spiro atoms. The molecule has 1 aromatic heterocycles. The molecule has 1 heterocycles. The Bertz CT molecular complexity index is 716. The first-order valence-electron chi connectivity index (χ1n) is 6.08. The zero-order valence-corrected chi connectivity index (χ0v) is 11.3. The summed E-state index contributed by atoms with van der Waals surface area (Å²) < 4.78 is 1.88. The summed E-state index contributed by atoms with van der Waals surface area (Å²) in [4.78, 5) is 1.19. The summed E-state index contributed by atoms with van der Waals surface area (Å²) in [6.45, 7) is 2.02. The lowest BCUT2D eigenvalue weighted by molar-refractivity contribution is 0.854. The minimum absolute atomic E-state index is 0.913. The molecule has 0 amide bonds. The molecule has 0 bridgehead atoms. The average molecular weight is 267 g/mol. The van der Waals surface area contributed by atoms with E-state index < -0.39 is 0 Å². The second-order valence-corrected chi connectivity index (χ2v) is 5.13. The smallest absolute Gasteiger partial charge is 0.113 e. The Labute approximate surface area is 115 Å². The molecule has 0 aliphatic carbocycles. The van der Waals surface area contributed by atoms with Crippen molar-refractivity contribution in [3.63, 3.8) is 0 Å². The molecular weight excluding hydrogens is 254 g/mol. The third kappa shape index (κ3) is 2.39. The summed E-state index contributed by atoms with van der Waals surface area (Å²) in [6.07, 6.45) is 2.05. The van der Waals surface area contributed by atoms with Crippen molar-refractivity contribution in [3.05, 3.63) is 60.7 Å². The maximum Gasteiger partial charge on any atom is 0.113 e. The van der Waals surface area contributed by atoms with Gasteiger partial charge in [-0.05, 0) is 31.2 Å². The van der Waals surface area contributed by atoms with E-state index in [4.69, 9.17) is 0 Å². The van der Waals surface area contributed by atoms with Crippen LogP contribution in [0.25, 0.3) is 16.1 Å². The molecule has 2 aromatic carbocycles. The first-order chi connectivity index (χ1) is 9.38. The number of hydrogen-bond donors (Lipinski definition) is 0. The third-order valence-corrected chi connectivity index (χ3v) is 3.90. The number of fused-ring (bicyclic) bond motifs is 1. The van der Waals surface area contributed by atoms with Crippen molar-refractivity contribution >= 4 is 27.8 Å². The fourth-order valence-corrected chi connectivity index (χ4v) is 2.74. The van der Waals surface area contributed by atoms with Crippen LogP contribution < -0.4 is 0 Å². The quantitative estimate of drug-likeness (QED) is 0.671. The molecule has 0 fully saturated rings. The zero-order chi connectivity index (χ0) is 13.1. The Hall–Kier alpha value is -2.07. The summed E-state index contributed by atoms with van der Waals surface area (Å²) >= 11 is 1.68. The van der Waals surface area contributed by atoms with Gasteiger partial charge in [0.15, 0.2) is 0 Å². The number of rotatable bonds is 3. The Morgan fingerprint density at radius 2 is 1.79 bits per heavy atom. The van der Waals surface area contributed by atoms with E-state index in [1.807, 2.05) is 54.1 Å². The molecule has 0 atom stereocenters. The molecule has 0 aliphatic rings. The predicted molar refractivity (Wildman–Crippen MR) is 79.8 cm³/mol. The van der Waals surface area contributed by atoms with Gasteiger partial charge in [0.1, 0.15) is 10.5 Å². The lowest BCUT2D eigenvalue weighted by Crippen LogP contribution is -1.96. The van der Waals surface area contributed by atoms with Gasteiger partial charge >= 0.3 is 0 Å². The Morgan fingerprint density at radius 1 is 1.05 bits per heavy atom. The number of para-hydroxylation sites is 1. The highest BCUT2D eigenvalue weighted by Gasteiger charge is 2.08. The summed E-state index contributed by atoms with van der Waals surface area (Å²) in [7, 11) is 0.